The van der Waals surface area contributed by atoms with Crippen molar-refractivity contribution >= 4 is 28.8 Å². The van der Waals surface area contributed by atoms with Gasteiger partial charge in [0.1, 0.15) is 22.9 Å². The molecule has 0 fully saturated rings. The highest BCUT2D eigenvalue weighted by Crippen LogP contribution is 2.38. The summed E-state index contributed by atoms with van der Waals surface area (Å²) in [4.78, 5) is 28.4. The maximum absolute atomic E-state index is 13.6. The van der Waals surface area contributed by atoms with Crippen LogP contribution in [0.3, 0.4) is 0 Å². The minimum atomic E-state index is -0.465. The number of rotatable bonds is 9. The summed E-state index contributed by atoms with van der Waals surface area (Å²) in [5, 5.41) is 3.16. The highest BCUT2D eigenvalue weighted by Gasteiger charge is 2.41. The van der Waals surface area contributed by atoms with Crippen molar-refractivity contribution < 1.29 is 23.8 Å². The van der Waals surface area contributed by atoms with Crippen LogP contribution in [-0.4, -0.2) is 32.1 Å². The van der Waals surface area contributed by atoms with E-state index < -0.39 is 11.8 Å². The third kappa shape index (κ3) is 4.45. The topological polar surface area (TPSA) is 77.1 Å². The van der Waals surface area contributed by atoms with Crippen LogP contribution < -0.4 is 24.4 Å². The number of nitrogens with one attached hydrogen (secondary N) is 1. The van der Waals surface area contributed by atoms with Crippen LogP contribution in [0.1, 0.15) is 19.4 Å². The molecule has 1 aliphatic heterocycles. The number of carbonyl (C=O) groups is 2. The lowest BCUT2D eigenvalue weighted by Crippen LogP contribution is -2.32. The Kier molecular flexibility index (Phi) is 6.82. The van der Waals surface area contributed by atoms with Crippen molar-refractivity contribution in [2.45, 2.75) is 13.8 Å². The summed E-state index contributed by atoms with van der Waals surface area (Å²) in [6.45, 7) is 4.90. The summed E-state index contributed by atoms with van der Waals surface area (Å²) in [5.74, 6) is 0.932. The lowest BCUT2D eigenvalue weighted by atomic mass is 10.0. The number of imide groups is 1. The molecule has 3 aromatic carbocycles. The molecule has 1 N–H and O–H groups in total. The smallest absolute Gasteiger partial charge is 0.282 e. The molecule has 0 radical (unpaired) electrons. The standard InChI is InChI=1S/C27H26N2O5/c1-4-33-20-14-10-18(11-15-20)24-25(28-19-12-16-21(17-13-19)34-5-2)27(31)29(26(24)30)22-8-6-7-9-23(22)32-3/h6-17,28H,4-5H2,1-3H3. The average Bonchev–Trinajstić information content (AvgIpc) is 3.10. The highest BCUT2D eigenvalue weighted by molar-refractivity contribution is 6.46. The van der Waals surface area contributed by atoms with Crippen LogP contribution in [0, 0.1) is 0 Å². The van der Waals surface area contributed by atoms with Crippen molar-refractivity contribution in [2.75, 3.05) is 30.5 Å². The van der Waals surface area contributed by atoms with E-state index >= 15 is 0 Å². The molecule has 3 aromatic rings. The zero-order chi connectivity index (χ0) is 24.1. The number of anilines is 2. The lowest BCUT2D eigenvalue weighted by Gasteiger charge is -2.18. The fraction of sp³-hybridized carbons (Fsp3) is 0.185. The molecular weight excluding hydrogens is 432 g/mol. The van der Waals surface area contributed by atoms with Gasteiger partial charge < -0.3 is 19.5 Å². The number of amides is 2. The van der Waals surface area contributed by atoms with Gasteiger partial charge in [-0.3, -0.25) is 9.59 Å². The van der Waals surface area contributed by atoms with Gasteiger partial charge in [-0.2, -0.15) is 0 Å². The molecule has 34 heavy (non-hydrogen) atoms. The lowest BCUT2D eigenvalue weighted by molar-refractivity contribution is -0.120. The Morgan fingerprint density at radius 2 is 1.35 bits per heavy atom. The Morgan fingerprint density at radius 1 is 0.765 bits per heavy atom. The van der Waals surface area contributed by atoms with Gasteiger partial charge in [-0.1, -0.05) is 24.3 Å². The summed E-state index contributed by atoms with van der Waals surface area (Å²) in [6.07, 6.45) is 0. The van der Waals surface area contributed by atoms with Crippen LogP contribution in [0.25, 0.3) is 5.57 Å². The number of hydrogen-bond donors (Lipinski definition) is 1. The van der Waals surface area contributed by atoms with Gasteiger partial charge in [0.2, 0.25) is 0 Å². The predicted molar refractivity (Wildman–Crippen MR) is 131 cm³/mol. The van der Waals surface area contributed by atoms with Gasteiger partial charge in [0, 0.05) is 5.69 Å². The number of hydrogen-bond acceptors (Lipinski definition) is 6. The molecule has 0 saturated carbocycles. The molecule has 174 valence electrons. The zero-order valence-electron chi connectivity index (χ0n) is 19.3. The number of carbonyl (C=O) groups excluding carboxylic acids is 2. The third-order valence-corrected chi connectivity index (χ3v) is 5.30. The Bertz CT molecular complexity index is 1220. The van der Waals surface area contributed by atoms with Crippen LogP contribution in [0.4, 0.5) is 11.4 Å². The SMILES string of the molecule is CCOc1ccc(NC2=C(c3ccc(OCC)cc3)C(=O)N(c3ccccc3OC)C2=O)cc1. The van der Waals surface area contributed by atoms with E-state index in [1.807, 2.05) is 26.0 Å². The van der Waals surface area contributed by atoms with Gasteiger partial charge in [-0.05, 0) is 67.9 Å². The number of methoxy groups -OCH3 is 1. The van der Waals surface area contributed by atoms with Crippen LogP contribution >= 0.6 is 0 Å². The first-order chi connectivity index (χ1) is 16.6. The molecule has 0 aromatic heterocycles. The molecule has 0 atom stereocenters. The molecule has 0 aliphatic carbocycles. The van der Waals surface area contributed by atoms with E-state index in [4.69, 9.17) is 14.2 Å². The van der Waals surface area contributed by atoms with Crippen LogP contribution in [0.15, 0.2) is 78.5 Å². The molecule has 0 unspecified atom stereocenters. The molecule has 0 saturated heterocycles. The van der Waals surface area contributed by atoms with Crippen LogP contribution in [0.5, 0.6) is 17.2 Å². The third-order valence-electron chi connectivity index (χ3n) is 5.30. The zero-order valence-corrected chi connectivity index (χ0v) is 19.3. The molecule has 1 aliphatic rings. The number of ether oxygens (including phenoxy) is 3. The number of benzene rings is 3. The van der Waals surface area contributed by atoms with Gasteiger partial charge in [0.25, 0.3) is 11.8 Å². The minimum absolute atomic E-state index is 0.184. The van der Waals surface area contributed by atoms with Crippen molar-refractivity contribution in [1.82, 2.24) is 0 Å². The molecule has 0 spiro atoms. The van der Waals surface area contributed by atoms with E-state index in [2.05, 4.69) is 5.32 Å². The number of para-hydroxylation sites is 2. The van der Waals surface area contributed by atoms with Crippen molar-refractivity contribution in [2.24, 2.45) is 0 Å². The predicted octanol–water partition coefficient (Wildman–Crippen LogP) is 4.89. The Labute approximate surface area is 198 Å². The van der Waals surface area contributed by atoms with Crippen LogP contribution in [-0.2, 0) is 9.59 Å². The molecule has 1 heterocycles. The monoisotopic (exact) mass is 458 g/mol. The molecule has 4 rings (SSSR count). The number of nitrogens with zero attached hydrogens (tertiary/aromatic N) is 1. The van der Waals surface area contributed by atoms with Gasteiger partial charge in [0.05, 0.1) is 31.6 Å². The Balaban J connectivity index is 1.77. The van der Waals surface area contributed by atoms with E-state index in [0.29, 0.717) is 41.7 Å². The average molecular weight is 459 g/mol. The van der Waals surface area contributed by atoms with E-state index in [1.165, 1.54) is 7.11 Å². The van der Waals surface area contributed by atoms with Gasteiger partial charge in [0.15, 0.2) is 0 Å². The summed E-state index contributed by atoms with van der Waals surface area (Å²) < 4.78 is 16.4. The minimum Gasteiger partial charge on any atom is -0.495 e. The molecule has 0 bridgehead atoms. The first-order valence-corrected chi connectivity index (χ1v) is 11.1. The normalized spacial score (nSPS) is 13.3. The van der Waals surface area contributed by atoms with Gasteiger partial charge in [-0.15, -0.1) is 0 Å². The summed E-state index contributed by atoms with van der Waals surface area (Å²) in [6, 6.07) is 21.3. The van der Waals surface area contributed by atoms with Crippen molar-refractivity contribution in [3.8, 4) is 17.2 Å². The summed E-state index contributed by atoms with van der Waals surface area (Å²) in [5.41, 5.74) is 2.10. The largest absolute Gasteiger partial charge is 0.495 e. The van der Waals surface area contributed by atoms with E-state index in [-0.39, 0.29) is 11.3 Å². The van der Waals surface area contributed by atoms with Crippen molar-refractivity contribution in [3.05, 3.63) is 84.1 Å². The fourth-order valence-corrected chi connectivity index (χ4v) is 3.78. The van der Waals surface area contributed by atoms with Crippen molar-refractivity contribution in [3.63, 3.8) is 0 Å². The summed E-state index contributed by atoms with van der Waals surface area (Å²) in [7, 11) is 1.50. The Hall–Kier alpha value is -4.26. The fourth-order valence-electron chi connectivity index (χ4n) is 3.78. The molecule has 2 amide bonds. The van der Waals surface area contributed by atoms with Crippen LogP contribution in [0.2, 0.25) is 0 Å². The quantitative estimate of drug-likeness (QED) is 0.460. The van der Waals surface area contributed by atoms with E-state index in [1.54, 1.807) is 60.7 Å². The first-order valence-electron chi connectivity index (χ1n) is 11.1. The van der Waals surface area contributed by atoms with Gasteiger partial charge >= 0.3 is 0 Å². The first kappa shape index (κ1) is 22.9. The second-order valence-corrected chi connectivity index (χ2v) is 7.41. The second kappa shape index (κ2) is 10.1. The Morgan fingerprint density at radius 3 is 1.94 bits per heavy atom. The molecule has 7 nitrogen and oxygen atoms in total. The van der Waals surface area contributed by atoms with E-state index in [9.17, 15) is 9.59 Å². The van der Waals surface area contributed by atoms with Crippen molar-refractivity contribution in [1.29, 1.82) is 0 Å². The molecule has 7 heteroatoms. The van der Waals surface area contributed by atoms with Gasteiger partial charge in [-0.25, -0.2) is 4.90 Å². The second-order valence-electron chi connectivity index (χ2n) is 7.41. The maximum Gasteiger partial charge on any atom is 0.282 e. The maximum atomic E-state index is 13.6. The molecular formula is C27H26N2O5. The van der Waals surface area contributed by atoms with E-state index in [0.717, 1.165) is 10.6 Å². The summed E-state index contributed by atoms with van der Waals surface area (Å²) >= 11 is 0. The highest BCUT2D eigenvalue weighted by atomic mass is 16.5.